The number of rotatable bonds is 2. The fourth-order valence-corrected chi connectivity index (χ4v) is 2.04. The lowest BCUT2D eigenvalue weighted by Gasteiger charge is -2.31. The van der Waals surface area contributed by atoms with Crippen LogP contribution in [-0.2, 0) is 11.3 Å². The quantitative estimate of drug-likeness (QED) is 0.779. The van der Waals surface area contributed by atoms with E-state index in [1.165, 1.54) is 11.1 Å². The Morgan fingerprint density at radius 1 is 1.43 bits per heavy atom. The van der Waals surface area contributed by atoms with Gasteiger partial charge in [-0.15, -0.1) is 0 Å². The van der Waals surface area contributed by atoms with Crippen LogP contribution in [-0.4, -0.2) is 6.10 Å². The van der Waals surface area contributed by atoms with E-state index in [0.29, 0.717) is 6.61 Å². The molecule has 2 nitrogen and oxygen atoms in total. The van der Waals surface area contributed by atoms with Crippen LogP contribution in [0.25, 0.3) is 0 Å². The van der Waals surface area contributed by atoms with Gasteiger partial charge in [-0.05, 0) is 17.5 Å². The lowest BCUT2D eigenvalue weighted by atomic mass is 9.92. The van der Waals surface area contributed by atoms with Gasteiger partial charge < -0.3 is 10.5 Å². The summed E-state index contributed by atoms with van der Waals surface area (Å²) in [6.07, 6.45) is 2.38. The third kappa shape index (κ3) is 1.68. The molecule has 0 saturated carbocycles. The molecule has 0 radical (unpaired) electrons. The molecule has 0 fully saturated rings. The molecular weight excluding hydrogens is 174 g/mol. The van der Waals surface area contributed by atoms with Crippen molar-refractivity contribution < 1.29 is 4.74 Å². The van der Waals surface area contributed by atoms with E-state index >= 15 is 0 Å². The zero-order chi connectivity index (χ0) is 9.97. The van der Waals surface area contributed by atoms with Gasteiger partial charge in [0.25, 0.3) is 0 Å². The van der Waals surface area contributed by atoms with E-state index in [0.717, 1.165) is 12.8 Å². The molecule has 1 aromatic carbocycles. The molecule has 0 unspecified atom stereocenters. The Kier molecular flexibility index (Phi) is 2.85. The molecule has 2 atom stereocenters. The van der Waals surface area contributed by atoms with Crippen molar-refractivity contribution in [3.05, 3.63) is 35.4 Å². The molecule has 0 spiro atoms. The minimum Gasteiger partial charge on any atom is -0.372 e. The zero-order valence-electron chi connectivity index (χ0n) is 8.57. The van der Waals surface area contributed by atoms with Crippen LogP contribution >= 0.6 is 0 Å². The van der Waals surface area contributed by atoms with E-state index in [-0.39, 0.29) is 12.1 Å². The van der Waals surface area contributed by atoms with Gasteiger partial charge in [0.05, 0.1) is 18.8 Å². The van der Waals surface area contributed by atoms with Gasteiger partial charge in [-0.1, -0.05) is 37.6 Å². The minimum atomic E-state index is 0.0555. The average Bonchev–Trinajstić information content (AvgIpc) is 2.23. The van der Waals surface area contributed by atoms with Crippen LogP contribution in [0, 0.1) is 0 Å². The summed E-state index contributed by atoms with van der Waals surface area (Å²) in [7, 11) is 0. The van der Waals surface area contributed by atoms with Gasteiger partial charge in [0.2, 0.25) is 0 Å². The maximum atomic E-state index is 6.15. The van der Waals surface area contributed by atoms with Crippen LogP contribution in [0.15, 0.2) is 24.3 Å². The van der Waals surface area contributed by atoms with Crippen molar-refractivity contribution in [3.8, 4) is 0 Å². The lowest BCUT2D eigenvalue weighted by Crippen LogP contribution is -2.33. The predicted molar refractivity (Wildman–Crippen MR) is 56.9 cm³/mol. The fraction of sp³-hybridized carbons (Fsp3) is 0.500. The summed E-state index contributed by atoms with van der Waals surface area (Å²) in [5, 5.41) is 0. The Bertz CT molecular complexity index is 311. The average molecular weight is 191 g/mol. The summed E-state index contributed by atoms with van der Waals surface area (Å²) < 4.78 is 5.73. The number of ether oxygens (including phenoxy) is 1. The second-order valence-electron chi connectivity index (χ2n) is 3.86. The number of benzene rings is 1. The molecule has 14 heavy (non-hydrogen) atoms. The van der Waals surface area contributed by atoms with Crippen LogP contribution in [0.1, 0.15) is 36.9 Å². The SMILES string of the molecule is CCC[C@H]1OCc2ccccc2[C@@H]1N. The van der Waals surface area contributed by atoms with Gasteiger partial charge in [-0.25, -0.2) is 0 Å². The third-order valence-corrected chi connectivity index (χ3v) is 2.84. The molecule has 0 saturated heterocycles. The van der Waals surface area contributed by atoms with Crippen LogP contribution < -0.4 is 5.73 Å². The topological polar surface area (TPSA) is 35.2 Å². The van der Waals surface area contributed by atoms with Crippen LogP contribution in [0.5, 0.6) is 0 Å². The summed E-state index contributed by atoms with van der Waals surface area (Å²) in [6.45, 7) is 2.88. The number of nitrogens with two attached hydrogens (primary N) is 1. The second kappa shape index (κ2) is 4.11. The summed E-state index contributed by atoms with van der Waals surface area (Å²) in [4.78, 5) is 0. The highest BCUT2D eigenvalue weighted by atomic mass is 16.5. The monoisotopic (exact) mass is 191 g/mol. The van der Waals surface area contributed by atoms with Crippen molar-refractivity contribution in [2.24, 2.45) is 5.73 Å². The van der Waals surface area contributed by atoms with Crippen LogP contribution in [0.3, 0.4) is 0 Å². The molecule has 1 heterocycles. The first kappa shape index (κ1) is 9.69. The molecule has 1 aliphatic rings. The van der Waals surface area contributed by atoms with Gasteiger partial charge >= 0.3 is 0 Å². The van der Waals surface area contributed by atoms with Crippen molar-refractivity contribution in [2.75, 3.05) is 0 Å². The fourth-order valence-electron chi connectivity index (χ4n) is 2.04. The standard InChI is InChI=1S/C12H17NO/c1-2-5-11-12(13)10-7-4-3-6-9(10)8-14-11/h3-4,6-7,11-12H,2,5,8,13H2,1H3/t11-,12+/m1/s1. The smallest absolute Gasteiger partial charge is 0.0772 e. The van der Waals surface area contributed by atoms with E-state index in [4.69, 9.17) is 10.5 Å². The van der Waals surface area contributed by atoms with Crippen molar-refractivity contribution in [3.63, 3.8) is 0 Å². The molecule has 2 rings (SSSR count). The van der Waals surface area contributed by atoms with Crippen molar-refractivity contribution >= 4 is 0 Å². The van der Waals surface area contributed by atoms with E-state index < -0.39 is 0 Å². The first-order valence-electron chi connectivity index (χ1n) is 5.28. The second-order valence-corrected chi connectivity index (χ2v) is 3.86. The highest BCUT2D eigenvalue weighted by molar-refractivity contribution is 5.31. The molecule has 0 bridgehead atoms. The summed E-state index contributed by atoms with van der Waals surface area (Å²) in [6, 6.07) is 8.35. The molecule has 0 amide bonds. The Labute approximate surface area is 85.1 Å². The maximum absolute atomic E-state index is 6.15. The van der Waals surface area contributed by atoms with Gasteiger partial charge in [-0.2, -0.15) is 0 Å². The molecule has 2 heteroatoms. The highest BCUT2D eigenvalue weighted by Crippen LogP contribution is 2.29. The van der Waals surface area contributed by atoms with Gasteiger partial charge in [0.15, 0.2) is 0 Å². The Morgan fingerprint density at radius 2 is 2.21 bits per heavy atom. The van der Waals surface area contributed by atoms with Gasteiger partial charge in [-0.3, -0.25) is 0 Å². The molecule has 76 valence electrons. The normalized spacial score (nSPS) is 25.9. The Balaban J connectivity index is 2.22. The first-order chi connectivity index (χ1) is 6.83. The molecule has 0 aromatic heterocycles. The first-order valence-corrected chi connectivity index (χ1v) is 5.28. The van der Waals surface area contributed by atoms with Crippen LogP contribution in [0.2, 0.25) is 0 Å². The third-order valence-electron chi connectivity index (χ3n) is 2.84. The lowest BCUT2D eigenvalue weighted by molar-refractivity contribution is 0.00338. The molecule has 0 aliphatic carbocycles. The Morgan fingerprint density at radius 3 is 3.00 bits per heavy atom. The molecular formula is C12H17NO. The number of hydrogen-bond donors (Lipinski definition) is 1. The van der Waals surface area contributed by atoms with Gasteiger partial charge in [0.1, 0.15) is 0 Å². The summed E-state index contributed by atoms with van der Waals surface area (Å²) in [5.41, 5.74) is 8.66. The van der Waals surface area contributed by atoms with E-state index in [9.17, 15) is 0 Å². The predicted octanol–water partition coefficient (Wildman–Crippen LogP) is 2.39. The van der Waals surface area contributed by atoms with Crippen molar-refractivity contribution in [1.29, 1.82) is 0 Å². The minimum absolute atomic E-state index is 0.0555. The molecule has 1 aliphatic heterocycles. The van der Waals surface area contributed by atoms with E-state index in [1.807, 2.05) is 12.1 Å². The van der Waals surface area contributed by atoms with E-state index in [2.05, 4.69) is 19.1 Å². The Hall–Kier alpha value is -0.860. The maximum Gasteiger partial charge on any atom is 0.0772 e. The number of hydrogen-bond acceptors (Lipinski definition) is 2. The van der Waals surface area contributed by atoms with Crippen molar-refractivity contribution in [1.82, 2.24) is 0 Å². The largest absolute Gasteiger partial charge is 0.372 e. The molecule has 2 N–H and O–H groups in total. The zero-order valence-corrected chi connectivity index (χ0v) is 8.57. The highest BCUT2D eigenvalue weighted by Gasteiger charge is 2.25. The number of fused-ring (bicyclic) bond motifs is 1. The van der Waals surface area contributed by atoms with Crippen molar-refractivity contribution in [2.45, 2.75) is 38.5 Å². The summed E-state index contributed by atoms with van der Waals surface area (Å²) in [5.74, 6) is 0. The van der Waals surface area contributed by atoms with Gasteiger partial charge in [0, 0.05) is 0 Å². The molecule has 1 aromatic rings. The van der Waals surface area contributed by atoms with E-state index in [1.54, 1.807) is 0 Å². The summed E-state index contributed by atoms with van der Waals surface area (Å²) >= 11 is 0. The van der Waals surface area contributed by atoms with Crippen LogP contribution in [0.4, 0.5) is 0 Å².